The predicted octanol–water partition coefficient (Wildman–Crippen LogP) is 5.14. The van der Waals surface area contributed by atoms with Gasteiger partial charge in [-0.1, -0.05) is 36.4 Å². The number of hydrogen-bond donors (Lipinski definition) is 4. The molecule has 0 heterocycles. The van der Waals surface area contributed by atoms with Gasteiger partial charge in [0.15, 0.2) is 0 Å². The van der Waals surface area contributed by atoms with E-state index in [-0.39, 0.29) is 22.9 Å². The number of amides is 3. The highest BCUT2D eigenvalue weighted by Gasteiger charge is 2.14. The van der Waals surface area contributed by atoms with Crippen LogP contribution >= 0.6 is 0 Å². The lowest BCUT2D eigenvalue weighted by molar-refractivity contribution is 0.0696. The molecule has 4 rings (SSSR count). The first-order valence-electron chi connectivity index (χ1n) is 10.9. The first kappa shape index (κ1) is 23.9. The number of nitrogens with one attached hydrogen (secondary N) is 3. The summed E-state index contributed by atoms with van der Waals surface area (Å²) in [6.07, 6.45) is 0. The SMILES string of the molecule is O=C(O)c1ccc(NC(=O)c2cc(NC(=O)c3ccccc3)cc(NC(=O)c3ccccc3)c2)cc1. The lowest BCUT2D eigenvalue weighted by Crippen LogP contribution is -2.17. The van der Waals surface area contributed by atoms with Gasteiger partial charge in [0.1, 0.15) is 0 Å². The smallest absolute Gasteiger partial charge is 0.335 e. The summed E-state index contributed by atoms with van der Waals surface area (Å²) in [5.74, 6) is -2.34. The third-order valence-electron chi connectivity index (χ3n) is 5.17. The summed E-state index contributed by atoms with van der Waals surface area (Å²) >= 11 is 0. The zero-order valence-corrected chi connectivity index (χ0v) is 18.9. The van der Waals surface area contributed by atoms with Gasteiger partial charge < -0.3 is 21.1 Å². The fourth-order valence-electron chi connectivity index (χ4n) is 3.39. The summed E-state index contributed by atoms with van der Waals surface area (Å²) in [7, 11) is 0. The van der Waals surface area contributed by atoms with Gasteiger partial charge in [-0.25, -0.2) is 4.79 Å². The Morgan fingerprint density at radius 2 is 0.861 bits per heavy atom. The van der Waals surface area contributed by atoms with Crippen molar-refractivity contribution in [3.05, 3.63) is 125 Å². The van der Waals surface area contributed by atoms with Gasteiger partial charge in [0.25, 0.3) is 17.7 Å². The Labute approximate surface area is 206 Å². The van der Waals surface area contributed by atoms with E-state index >= 15 is 0 Å². The minimum Gasteiger partial charge on any atom is -0.478 e. The molecule has 0 saturated carbocycles. The number of carbonyl (C=O) groups excluding carboxylic acids is 3. The monoisotopic (exact) mass is 479 g/mol. The number of rotatable bonds is 7. The number of carboxylic acid groups (broad SMARTS) is 1. The van der Waals surface area contributed by atoms with Crippen LogP contribution in [0.25, 0.3) is 0 Å². The van der Waals surface area contributed by atoms with Crippen LogP contribution < -0.4 is 16.0 Å². The van der Waals surface area contributed by atoms with Crippen molar-refractivity contribution in [1.29, 1.82) is 0 Å². The first-order valence-corrected chi connectivity index (χ1v) is 10.9. The van der Waals surface area contributed by atoms with Crippen LogP contribution in [0, 0.1) is 0 Å². The maximum Gasteiger partial charge on any atom is 0.335 e. The minimum atomic E-state index is -1.08. The Kier molecular flexibility index (Phi) is 7.17. The van der Waals surface area contributed by atoms with Gasteiger partial charge in [-0.15, -0.1) is 0 Å². The number of benzene rings is 4. The van der Waals surface area contributed by atoms with Crippen molar-refractivity contribution < 1.29 is 24.3 Å². The molecule has 0 aliphatic rings. The molecule has 0 radical (unpaired) electrons. The zero-order valence-electron chi connectivity index (χ0n) is 18.9. The molecule has 4 N–H and O–H groups in total. The molecule has 4 aromatic rings. The molecule has 3 amide bonds. The van der Waals surface area contributed by atoms with Crippen molar-refractivity contribution in [3.8, 4) is 0 Å². The van der Waals surface area contributed by atoms with Crippen molar-refractivity contribution >= 4 is 40.8 Å². The van der Waals surface area contributed by atoms with Gasteiger partial charge in [0, 0.05) is 33.8 Å². The van der Waals surface area contributed by atoms with Crippen LogP contribution in [-0.2, 0) is 0 Å². The van der Waals surface area contributed by atoms with Gasteiger partial charge >= 0.3 is 5.97 Å². The number of anilines is 3. The summed E-state index contributed by atoms with van der Waals surface area (Å²) in [4.78, 5) is 49.4. The van der Waals surface area contributed by atoms with E-state index in [1.807, 2.05) is 0 Å². The van der Waals surface area contributed by atoms with Crippen molar-refractivity contribution in [2.45, 2.75) is 0 Å². The second kappa shape index (κ2) is 10.8. The van der Waals surface area contributed by atoms with Crippen LogP contribution in [0.4, 0.5) is 17.1 Å². The van der Waals surface area contributed by atoms with Crippen LogP contribution in [0.3, 0.4) is 0 Å². The Morgan fingerprint density at radius 3 is 1.31 bits per heavy atom. The number of aromatic carboxylic acids is 1. The second-order valence-corrected chi connectivity index (χ2v) is 7.78. The fourth-order valence-corrected chi connectivity index (χ4v) is 3.39. The van der Waals surface area contributed by atoms with Gasteiger partial charge in [-0.2, -0.15) is 0 Å². The maximum absolute atomic E-state index is 13.0. The van der Waals surface area contributed by atoms with Crippen molar-refractivity contribution in [2.75, 3.05) is 16.0 Å². The van der Waals surface area contributed by atoms with Crippen molar-refractivity contribution in [1.82, 2.24) is 0 Å². The Morgan fingerprint density at radius 1 is 0.444 bits per heavy atom. The zero-order chi connectivity index (χ0) is 25.5. The van der Waals surface area contributed by atoms with Crippen molar-refractivity contribution in [3.63, 3.8) is 0 Å². The molecule has 0 aromatic heterocycles. The molecule has 0 atom stereocenters. The summed E-state index contributed by atoms with van der Waals surface area (Å²) in [6, 6.07) is 27.4. The van der Waals surface area contributed by atoms with Gasteiger partial charge in [-0.05, 0) is 66.7 Å². The molecule has 0 bridgehead atoms. The summed E-state index contributed by atoms with van der Waals surface area (Å²) in [6.45, 7) is 0. The van der Waals surface area contributed by atoms with E-state index in [4.69, 9.17) is 5.11 Å². The molecule has 0 saturated heterocycles. The van der Waals surface area contributed by atoms with E-state index in [1.54, 1.807) is 66.7 Å². The molecule has 0 spiro atoms. The molecular weight excluding hydrogens is 458 g/mol. The van der Waals surface area contributed by atoms with Crippen LogP contribution in [0.15, 0.2) is 103 Å². The predicted molar refractivity (Wildman–Crippen MR) is 137 cm³/mol. The lowest BCUT2D eigenvalue weighted by atomic mass is 10.1. The van der Waals surface area contributed by atoms with E-state index < -0.39 is 11.9 Å². The fraction of sp³-hybridized carbons (Fsp3) is 0. The third-order valence-corrected chi connectivity index (χ3v) is 5.17. The van der Waals surface area contributed by atoms with Crippen LogP contribution in [-0.4, -0.2) is 28.8 Å². The van der Waals surface area contributed by atoms with Gasteiger partial charge in [-0.3, -0.25) is 14.4 Å². The molecule has 4 aromatic carbocycles. The molecule has 0 aliphatic carbocycles. The second-order valence-electron chi connectivity index (χ2n) is 7.78. The highest BCUT2D eigenvalue weighted by atomic mass is 16.4. The number of hydrogen-bond acceptors (Lipinski definition) is 4. The normalized spacial score (nSPS) is 10.2. The third kappa shape index (κ3) is 6.00. The quantitative estimate of drug-likeness (QED) is 0.292. The molecule has 8 nitrogen and oxygen atoms in total. The van der Waals surface area contributed by atoms with E-state index in [9.17, 15) is 19.2 Å². The standard InChI is InChI=1S/C28H21N3O5/c32-25(18-7-3-1-4-8-18)30-23-15-21(27(34)29-22-13-11-20(12-14-22)28(35)36)16-24(17-23)31-26(33)19-9-5-2-6-10-19/h1-17H,(H,29,34)(H,30,32)(H,31,33)(H,35,36). The van der Waals surface area contributed by atoms with E-state index in [2.05, 4.69) is 16.0 Å². The Bertz CT molecular complexity index is 1350. The van der Waals surface area contributed by atoms with Crippen LogP contribution in [0.5, 0.6) is 0 Å². The largest absolute Gasteiger partial charge is 0.478 e. The van der Waals surface area contributed by atoms with E-state index in [0.29, 0.717) is 28.2 Å². The molecule has 178 valence electrons. The van der Waals surface area contributed by atoms with Crippen LogP contribution in [0.2, 0.25) is 0 Å². The highest BCUT2D eigenvalue weighted by molar-refractivity contribution is 6.10. The minimum absolute atomic E-state index is 0.0875. The first-order chi connectivity index (χ1) is 17.4. The number of carboxylic acids is 1. The molecule has 8 heteroatoms. The molecular formula is C28H21N3O5. The van der Waals surface area contributed by atoms with E-state index in [0.717, 1.165) is 0 Å². The number of carbonyl (C=O) groups is 4. The molecule has 36 heavy (non-hydrogen) atoms. The van der Waals surface area contributed by atoms with Gasteiger partial charge in [0.2, 0.25) is 0 Å². The highest BCUT2D eigenvalue weighted by Crippen LogP contribution is 2.22. The summed E-state index contributed by atoms with van der Waals surface area (Å²) < 4.78 is 0. The Balaban J connectivity index is 1.61. The summed E-state index contributed by atoms with van der Waals surface area (Å²) in [5.41, 5.74) is 2.12. The molecule has 0 unspecified atom stereocenters. The lowest BCUT2D eigenvalue weighted by Gasteiger charge is -2.13. The topological polar surface area (TPSA) is 125 Å². The molecule has 0 fully saturated rings. The summed E-state index contributed by atoms with van der Waals surface area (Å²) in [5, 5.41) is 17.3. The maximum atomic E-state index is 13.0. The van der Waals surface area contributed by atoms with Crippen LogP contribution in [0.1, 0.15) is 41.4 Å². The van der Waals surface area contributed by atoms with Gasteiger partial charge in [0.05, 0.1) is 5.56 Å². The Hall–Kier alpha value is -5.24. The average Bonchev–Trinajstić information content (AvgIpc) is 2.89. The van der Waals surface area contributed by atoms with Crippen molar-refractivity contribution in [2.24, 2.45) is 0 Å². The van der Waals surface area contributed by atoms with E-state index in [1.165, 1.54) is 36.4 Å². The average molecular weight is 479 g/mol. The molecule has 0 aliphatic heterocycles.